The third kappa shape index (κ3) is 4.01. The minimum Gasteiger partial charge on any atom is -0.339 e. The molecule has 2 fully saturated rings. The SMILES string of the molecule is CC(C)S(=O)(=O)c1ccc(C(=O)N2CCC3(CCNC3)CC2)cc1.Cl. The number of hydrogen-bond donors (Lipinski definition) is 1. The van der Waals surface area contributed by atoms with E-state index < -0.39 is 15.1 Å². The molecule has 1 spiro atoms. The van der Waals surface area contributed by atoms with E-state index in [1.165, 1.54) is 6.42 Å². The number of halogens is 1. The van der Waals surface area contributed by atoms with Crippen LogP contribution in [0.1, 0.15) is 43.5 Å². The molecule has 0 aliphatic carbocycles. The van der Waals surface area contributed by atoms with Crippen molar-refractivity contribution in [3.63, 3.8) is 0 Å². The van der Waals surface area contributed by atoms with E-state index in [4.69, 9.17) is 0 Å². The molecule has 0 radical (unpaired) electrons. The van der Waals surface area contributed by atoms with Crippen molar-refractivity contribution < 1.29 is 13.2 Å². The summed E-state index contributed by atoms with van der Waals surface area (Å²) in [6, 6.07) is 6.38. The maximum Gasteiger partial charge on any atom is 0.253 e. The van der Waals surface area contributed by atoms with E-state index in [2.05, 4.69) is 5.32 Å². The van der Waals surface area contributed by atoms with E-state index in [0.29, 0.717) is 11.0 Å². The molecule has 1 aromatic rings. The summed E-state index contributed by atoms with van der Waals surface area (Å²) in [4.78, 5) is 14.8. The Bertz CT molecular complexity index is 700. The molecule has 0 saturated carbocycles. The first kappa shape index (κ1) is 20.2. The summed E-state index contributed by atoms with van der Waals surface area (Å²) < 4.78 is 24.3. The molecule has 2 aliphatic rings. The van der Waals surface area contributed by atoms with Gasteiger partial charge in [0, 0.05) is 25.2 Å². The lowest BCUT2D eigenvalue weighted by molar-refractivity contribution is 0.0607. The van der Waals surface area contributed by atoms with E-state index in [1.54, 1.807) is 38.1 Å². The van der Waals surface area contributed by atoms with Crippen LogP contribution in [0.2, 0.25) is 0 Å². The number of nitrogens with one attached hydrogen (secondary N) is 1. The van der Waals surface area contributed by atoms with Gasteiger partial charge in [-0.1, -0.05) is 0 Å². The van der Waals surface area contributed by atoms with Gasteiger partial charge in [0.15, 0.2) is 9.84 Å². The van der Waals surface area contributed by atoms with Gasteiger partial charge in [0.05, 0.1) is 10.1 Å². The van der Waals surface area contributed by atoms with Gasteiger partial charge >= 0.3 is 0 Å². The molecule has 1 N–H and O–H groups in total. The average Bonchev–Trinajstić information content (AvgIpc) is 3.03. The van der Waals surface area contributed by atoms with Crippen molar-refractivity contribution in [1.29, 1.82) is 0 Å². The monoisotopic (exact) mass is 386 g/mol. The van der Waals surface area contributed by atoms with Gasteiger partial charge in [0.1, 0.15) is 0 Å². The minimum absolute atomic E-state index is 0. The van der Waals surface area contributed by atoms with E-state index in [9.17, 15) is 13.2 Å². The Morgan fingerprint density at radius 1 is 1.12 bits per heavy atom. The number of piperidine rings is 1. The number of nitrogens with zero attached hydrogens (tertiary/aromatic N) is 1. The lowest BCUT2D eigenvalue weighted by atomic mass is 9.78. The fourth-order valence-corrected chi connectivity index (χ4v) is 4.71. The zero-order valence-electron chi connectivity index (χ0n) is 14.8. The summed E-state index contributed by atoms with van der Waals surface area (Å²) in [5, 5.41) is 2.97. The number of benzene rings is 1. The highest BCUT2D eigenvalue weighted by Crippen LogP contribution is 2.37. The molecule has 1 aromatic carbocycles. The van der Waals surface area contributed by atoms with E-state index >= 15 is 0 Å². The zero-order valence-corrected chi connectivity index (χ0v) is 16.5. The number of amides is 1. The molecule has 0 bridgehead atoms. The molecule has 0 aromatic heterocycles. The minimum atomic E-state index is -3.29. The van der Waals surface area contributed by atoms with Crippen molar-refractivity contribution in [2.75, 3.05) is 26.2 Å². The fraction of sp³-hybridized carbons (Fsp3) is 0.611. The van der Waals surface area contributed by atoms with Gasteiger partial charge in [-0.2, -0.15) is 0 Å². The normalized spacial score (nSPS) is 19.9. The summed E-state index contributed by atoms with van der Waals surface area (Å²) in [6.45, 7) is 7.04. The lowest BCUT2D eigenvalue weighted by Gasteiger charge is -2.38. The number of rotatable bonds is 3. The number of carbonyl (C=O) groups excluding carboxylic acids is 1. The van der Waals surface area contributed by atoms with Gasteiger partial charge in [-0.05, 0) is 69.3 Å². The molecule has 2 saturated heterocycles. The van der Waals surface area contributed by atoms with Gasteiger partial charge in [-0.25, -0.2) is 8.42 Å². The zero-order chi connectivity index (χ0) is 17.4. The molecule has 2 aliphatic heterocycles. The third-order valence-corrected chi connectivity index (χ3v) is 7.66. The predicted molar refractivity (Wildman–Crippen MR) is 101 cm³/mol. The van der Waals surface area contributed by atoms with Gasteiger partial charge < -0.3 is 10.2 Å². The standard InChI is InChI=1S/C18H26N2O3S.ClH/c1-14(2)24(22,23)16-5-3-15(4-6-16)17(21)20-11-8-18(9-12-20)7-10-19-13-18;/h3-6,14,19H,7-13H2,1-2H3;1H. The van der Waals surface area contributed by atoms with Crippen LogP contribution in [0.5, 0.6) is 0 Å². The number of carbonyl (C=O) groups is 1. The Balaban J connectivity index is 0.00000225. The second-order valence-electron chi connectivity index (χ2n) is 7.34. The van der Waals surface area contributed by atoms with Crippen LogP contribution in [0, 0.1) is 5.41 Å². The van der Waals surface area contributed by atoms with E-state index in [1.807, 2.05) is 4.90 Å². The highest BCUT2D eigenvalue weighted by molar-refractivity contribution is 7.92. The molecule has 0 atom stereocenters. The third-order valence-electron chi connectivity index (χ3n) is 5.49. The highest BCUT2D eigenvalue weighted by Gasteiger charge is 2.38. The van der Waals surface area contributed by atoms with Crippen molar-refractivity contribution in [3.05, 3.63) is 29.8 Å². The van der Waals surface area contributed by atoms with Crippen LogP contribution in [-0.2, 0) is 9.84 Å². The van der Waals surface area contributed by atoms with E-state index in [0.717, 1.165) is 39.0 Å². The maximum atomic E-state index is 12.7. The molecule has 5 nitrogen and oxygen atoms in total. The van der Waals surface area contributed by atoms with Crippen molar-refractivity contribution in [2.24, 2.45) is 5.41 Å². The Labute approximate surface area is 156 Å². The summed E-state index contributed by atoms with van der Waals surface area (Å²) in [6.07, 6.45) is 3.30. The number of hydrogen-bond acceptors (Lipinski definition) is 4. The maximum absolute atomic E-state index is 12.7. The van der Waals surface area contributed by atoms with Crippen LogP contribution in [0.25, 0.3) is 0 Å². The van der Waals surface area contributed by atoms with Gasteiger partial charge in [0.2, 0.25) is 0 Å². The largest absolute Gasteiger partial charge is 0.339 e. The van der Waals surface area contributed by atoms with Crippen molar-refractivity contribution in [3.8, 4) is 0 Å². The molecule has 1 amide bonds. The van der Waals surface area contributed by atoms with Crippen LogP contribution in [0.3, 0.4) is 0 Å². The fourth-order valence-electron chi connectivity index (χ4n) is 3.65. The van der Waals surface area contributed by atoms with Crippen molar-refractivity contribution in [2.45, 2.75) is 43.3 Å². The molecule has 3 rings (SSSR count). The first-order valence-corrected chi connectivity index (χ1v) is 10.2. The molecule has 140 valence electrons. The topological polar surface area (TPSA) is 66.5 Å². The second-order valence-corrected chi connectivity index (χ2v) is 9.84. The van der Waals surface area contributed by atoms with Gasteiger partial charge in [-0.15, -0.1) is 12.4 Å². The lowest BCUT2D eigenvalue weighted by Crippen LogP contribution is -2.44. The van der Waals surface area contributed by atoms with Gasteiger partial charge in [-0.3, -0.25) is 4.79 Å². The summed E-state index contributed by atoms with van der Waals surface area (Å²) in [5.74, 6) is 0.00398. The first-order valence-electron chi connectivity index (χ1n) is 8.68. The van der Waals surface area contributed by atoms with Gasteiger partial charge in [0.25, 0.3) is 5.91 Å². The van der Waals surface area contributed by atoms with Crippen molar-refractivity contribution >= 4 is 28.2 Å². The summed E-state index contributed by atoms with van der Waals surface area (Å²) in [7, 11) is -3.29. The molecule has 25 heavy (non-hydrogen) atoms. The van der Waals surface area contributed by atoms with Crippen LogP contribution >= 0.6 is 12.4 Å². The number of sulfone groups is 1. The summed E-state index contributed by atoms with van der Waals surface area (Å²) in [5.41, 5.74) is 0.949. The van der Waals surface area contributed by atoms with E-state index in [-0.39, 0.29) is 23.2 Å². The molecular formula is C18H27ClN2O3S. The Hall–Kier alpha value is -1.11. The second kappa shape index (κ2) is 7.64. The molecular weight excluding hydrogens is 360 g/mol. The Kier molecular flexibility index (Phi) is 6.17. The molecule has 7 heteroatoms. The quantitative estimate of drug-likeness (QED) is 0.866. The molecule has 2 heterocycles. The molecule has 0 unspecified atom stereocenters. The Morgan fingerprint density at radius 2 is 1.72 bits per heavy atom. The van der Waals surface area contributed by atoms with Crippen LogP contribution in [0.15, 0.2) is 29.2 Å². The highest BCUT2D eigenvalue weighted by atomic mass is 35.5. The average molecular weight is 387 g/mol. The summed E-state index contributed by atoms with van der Waals surface area (Å²) >= 11 is 0. The van der Waals surface area contributed by atoms with Crippen molar-refractivity contribution in [1.82, 2.24) is 10.2 Å². The van der Waals surface area contributed by atoms with Crippen LogP contribution in [0.4, 0.5) is 0 Å². The predicted octanol–water partition coefficient (Wildman–Crippen LogP) is 2.51. The van der Waals surface area contributed by atoms with Crippen LogP contribution < -0.4 is 5.32 Å². The first-order chi connectivity index (χ1) is 11.3. The Morgan fingerprint density at radius 3 is 2.20 bits per heavy atom. The number of likely N-dealkylation sites (tertiary alicyclic amines) is 1. The van der Waals surface area contributed by atoms with Crippen LogP contribution in [-0.4, -0.2) is 50.7 Å². The smallest absolute Gasteiger partial charge is 0.253 e.